The molecule has 0 amide bonds. The minimum Gasteiger partial charge on any atom is -0.495 e. The van der Waals surface area contributed by atoms with Gasteiger partial charge in [0.15, 0.2) is 5.82 Å². The molecule has 6 nitrogen and oxygen atoms in total. The third kappa shape index (κ3) is 2.84. The second-order valence-electron chi connectivity index (χ2n) is 4.51. The maximum atomic E-state index is 5.88. The van der Waals surface area contributed by atoms with Gasteiger partial charge in [0.25, 0.3) is 5.89 Å². The fourth-order valence-corrected chi connectivity index (χ4v) is 2.00. The van der Waals surface area contributed by atoms with Gasteiger partial charge in [0.05, 0.1) is 12.8 Å². The highest BCUT2D eigenvalue weighted by molar-refractivity contribution is 5.65. The second kappa shape index (κ2) is 5.62. The number of nitrogens with zero attached hydrogens (tertiary/aromatic N) is 3. The van der Waals surface area contributed by atoms with Gasteiger partial charge in [-0.3, -0.25) is 4.98 Å². The van der Waals surface area contributed by atoms with Crippen molar-refractivity contribution in [2.24, 2.45) is 0 Å². The van der Waals surface area contributed by atoms with Crippen molar-refractivity contribution >= 4 is 5.69 Å². The van der Waals surface area contributed by atoms with E-state index in [1.165, 1.54) is 0 Å². The molecule has 106 valence electrons. The number of ether oxygens (including phenoxy) is 1. The summed E-state index contributed by atoms with van der Waals surface area (Å²) in [6.45, 7) is 0. The lowest BCUT2D eigenvalue weighted by molar-refractivity contribution is 0.416. The van der Waals surface area contributed by atoms with Crippen molar-refractivity contribution in [3.63, 3.8) is 0 Å². The lowest BCUT2D eigenvalue weighted by Gasteiger charge is -2.04. The monoisotopic (exact) mass is 282 g/mol. The number of anilines is 1. The van der Waals surface area contributed by atoms with Gasteiger partial charge in [0.1, 0.15) is 5.75 Å². The Labute approximate surface area is 121 Å². The summed E-state index contributed by atoms with van der Waals surface area (Å²) in [5, 5.41) is 3.97. The Kier molecular flexibility index (Phi) is 3.51. The van der Waals surface area contributed by atoms with Crippen molar-refractivity contribution in [3.05, 3.63) is 54.1 Å². The average molecular weight is 282 g/mol. The van der Waals surface area contributed by atoms with Gasteiger partial charge in [-0.15, -0.1) is 0 Å². The molecule has 0 saturated heterocycles. The summed E-state index contributed by atoms with van der Waals surface area (Å²) < 4.78 is 10.4. The van der Waals surface area contributed by atoms with E-state index in [1.807, 2.05) is 18.2 Å². The predicted molar refractivity (Wildman–Crippen MR) is 77.7 cm³/mol. The molecule has 0 aliphatic heterocycles. The molecule has 0 radical (unpaired) electrons. The van der Waals surface area contributed by atoms with E-state index in [0.717, 1.165) is 11.1 Å². The van der Waals surface area contributed by atoms with E-state index >= 15 is 0 Å². The molecule has 2 heterocycles. The van der Waals surface area contributed by atoms with Crippen molar-refractivity contribution in [2.75, 3.05) is 12.8 Å². The number of pyridine rings is 1. The van der Waals surface area contributed by atoms with E-state index in [2.05, 4.69) is 15.1 Å². The van der Waals surface area contributed by atoms with Crippen LogP contribution in [0.2, 0.25) is 0 Å². The van der Waals surface area contributed by atoms with Crippen LogP contribution in [0.1, 0.15) is 11.4 Å². The molecule has 1 aromatic carbocycles. The number of benzene rings is 1. The van der Waals surface area contributed by atoms with Crippen molar-refractivity contribution in [1.82, 2.24) is 15.1 Å². The first-order chi connectivity index (χ1) is 10.3. The molecule has 0 saturated carbocycles. The van der Waals surface area contributed by atoms with E-state index in [1.54, 1.807) is 31.6 Å². The number of hydrogen-bond donors (Lipinski definition) is 1. The summed E-state index contributed by atoms with van der Waals surface area (Å²) in [5.41, 5.74) is 8.20. The van der Waals surface area contributed by atoms with Gasteiger partial charge < -0.3 is 15.0 Å². The van der Waals surface area contributed by atoms with Gasteiger partial charge >= 0.3 is 0 Å². The summed E-state index contributed by atoms with van der Waals surface area (Å²) >= 11 is 0. The van der Waals surface area contributed by atoms with E-state index < -0.39 is 0 Å². The van der Waals surface area contributed by atoms with Crippen molar-refractivity contribution < 1.29 is 9.26 Å². The fraction of sp³-hybridized carbons (Fsp3) is 0.133. The highest BCUT2D eigenvalue weighted by Gasteiger charge is 2.11. The molecule has 21 heavy (non-hydrogen) atoms. The zero-order valence-corrected chi connectivity index (χ0v) is 11.5. The normalized spacial score (nSPS) is 10.5. The van der Waals surface area contributed by atoms with Gasteiger partial charge in [-0.05, 0) is 29.8 Å². The van der Waals surface area contributed by atoms with Crippen LogP contribution in [-0.2, 0) is 6.42 Å². The molecule has 3 rings (SSSR count). The van der Waals surface area contributed by atoms with Crippen molar-refractivity contribution in [3.8, 4) is 17.2 Å². The third-order valence-electron chi connectivity index (χ3n) is 3.03. The Balaban J connectivity index is 1.83. The van der Waals surface area contributed by atoms with E-state index in [0.29, 0.717) is 29.6 Å². The standard InChI is InChI=1S/C15H14N4O2/c1-20-13-5-4-11(8-12(13)16)15-18-14(19-21-15)7-10-3-2-6-17-9-10/h2-6,8-9H,7,16H2,1H3. The summed E-state index contributed by atoms with van der Waals surface area (Å²) in [7, 11) is 1.57. The van der Waals surface area contributed by atoms with Crippen LogP contribution in [0, 0.1) is 0 Å². The number of aromatic nitrogens is 3. The summed E-state index contributed by atoms with van der Waals surface area (Å²) in [6.07, 6.45) is 4.08. The molecule has 2 N–H and O–H groups in total. The number of nitrogens with two attached hydrogens (primary N) is 1. The topological polar surface area (TPSA) is 87.1 Å². The van der Waals surface area contributed by atoms with Crippen LogP contribution in [0.5, 0.6) is 5.75 Å². The second-order valence-corrected chi connectivity index (χ2v) is 4.51. The van der Waals surface area contributed by atoms with Crippen LogP contribution >= 0.6 is 0 Å². The van der Waals surface area contributed by atoms with Crippen LogP contribution in [0.4, 0.5) is 5.69 Å². The molecule has 6 heteroatoms. The number of methoxy groups -OCH3 is 1. The maximum Gasteiger partial charge on any atom is 0.258 e. The highest BCUT2D eigenvalue weighted by atomic mass is 16.5. The Morgan fingerprint density at radius 3 is 2.90 bits per heavy atom. The van der Waals surface area contributed by atoms with Gasteiger partial charge in [-0.1, -0.05) is 11.2 Å². The molecule has 0 aliphatic rings. The predicted octanol–water partition coefficient (Wildman–Crippen LogP) is 2.31. The van der Waals surface area contributed by atoms with Crippen LogP contribution in [0.15, 0.2) is 47.2 Å². The van der Waals surface area contributed by atoms with Crippen molar-refractivity contribution in [1.29, 1.82) is 0 Å². The van der Waals surface area contributed by atoms with Gasteiger partial charge in [-0.25, -0.2) is 0 Å². The first kappa shape index (κ1) is 13.1. The highest BCUT2D eigenvalue weighted by Crippen LogP contribution is 2.27. The zero-order valence-electron chi connectivity index (χ0n) is 11.5. The van der Waals surface area contributed by atoms with Crippen molar-refractivity contribution in [2.45, 2.75) is 6.42 Å². The van der Waals surface area contributed by atoms with Gasteiger partial charge in [0.2, 0.25) is 0 Å². The zero-order chi connectivity index (χ0) is 14.7. The quantitative estimate of drug-likeness (QED) is 0.739. The first-order valence-electron chi connectivity index (χ1n) is 6.41. The van der Waals surface area contributed by atoms with Gasteiger partial charge in [-0.2, -0.15) is 4.98 Å². The van der Waals surface area contributed by atoms with Crippen LogP contribution in [0.25, 0.3) is 11.5 Å². The lowest BCUT2D eigenvalue weighted by Crippen LogP contribution is -1.93. The number of rotatable bonds is 4. The number of nitrogen functional groups attached to an aromatic ring is 1. The average Bonchev–Trinajstić information content (AvgIpc) is 2.97. The maximum absolute atomic E-state index is 5.88. The largest absolute Gasteiger partial charge is 0.495 e. The fourth-order valence-electron chi connectivity index (χ4n) is 2.00. The number of hydrogen-bond acceptors (Lipinski definition) is 6. The Bertz CT molecular complexity index is 740. The lowest BCUT2D eigenvalue weighted by atomic mass is 10.2. The molecule has 0 unspecified atom stereocenters. The SMILES string of the molecule is COc1ccc(-c2nc(Cc3cccnc3)no2)cc1N. The first-order valence-corrected chi connectivity index (χ1v) is 6.41. The summed E-state index contributed by atoms with van der Waals surface area (Å²) in [5.74, 6) is 1.66. The molecule has 2 aromatic heterocycles. The minimum atomic E-state index is 0.434. The minimum absolute atomic E-state index is 0.434. The van der Waals surface area contributed by atoms with Crippen LogP contribution in [0.3, 0.4) is 0 Å². The molecule has 0 fully saturated rings. The van der Waals surface area contributed by atoms with E-state index in [9.17, 15) is 0 Å². The third-order valence-corrected chi connectivity index (χ3v) is 3.03. The van der Waals surface area contributed by atoms with Crippen LogP contribution in [-0.4, -0.2) is 22.2 Å². The van der Waals surface area contributed by atoms with E-state index in [4.69, 9.17) is 15.0 Å². The molecule has 3 aromatic rings. The summed E-state index contributed by atoms with van der Waals surface area (Å²) in [6, 6.07) is 9.20. The molecule has 0 aliphatic carbocycles. The molecular formula is C15H14N4O2. The smallest absolute Gasteiger partial charge is 0.258 e. The summed E-state index contributed by atoms with van der Waals surface area (Å²) in [4.78, 5) is 8.43. The molecule has 0 atom stereocenters. The molecule has 0 spiro atoms. The molecule has 0 bridgehead atoms. The van der Waals surface area contributed by atoms with Crippen LogP contribution < -0.4 is 10.5 Å². The van der Waals surface area contributed by atoms with E-state index in [-0.39, 0.29) is 0 Å². The Morgan fingerprint density at radius 1 is 1.29 bits per heavy atom. The van der Waals surface area contributed by atoms with Gasteiger partial charge in [0, 0.05) is 24.4 Å². The Morgan fingerprint density at radius 2 is 2.19 bits per heavy atom. The Hall–Kier alpha value is -2.89. The molecular weight excluding hydrogens is 268 g/mol.